The number of nitrogens with zero attached hydrogens (tertiary/aromatic N) is 1. The van der Waals surface area contributed by atoms with E-state index in [2.05, 4.69) is 20.9 Å². The third kappa shape index (κ3) is 6.29. The van der Waals surface area contributed by atoms with Crippen molar-refractivity contribution in [2.45, 2.75) is 0 Å². The Morgan fingerprint density at radius 2 is 1.72 bits per heavy atom. The number of hydrogen-bond donors (Lipinski definition) is 1. The normalized spacial score (nSPS) is 11.1. The highest BCUT2D eigenvalue weighted by Crippen LogP contribution is 2.36. The zero-order chi connectivity index (χ0) is 23.1. The van der Waals surface area contributed by atoms with Crippen molar-refractivity contribution < 1.29 is 24.2 Å². The monoisotopic (exact) mass is 513 g/mol. The summed E-state index contributed by atoms with van der Waals surface area (Å²) in [6, 6.07) is 16.8. The molecular formula is C24H17BrClNO5. The number of benzene rings is 3. The summed E-state index contributed by atoms with van der Waals surface area (Å²) in [5, 5.41) is 9.13. The van der Waals surface area contributed by atoms with E-state index in [0.29, 0.717) is 11.3 Å². The number of carbonyl (C=O) groups is 2. The molecule has 0 fully saturated rings. The van der Waals surface area contributed by atoms with Gasteiger partial charge in [0, 0.05) is 16.8 Å². The maximum absolute atomic E-state index is 12.2. The van der Waals surface area contributed by atoms with Crippen molar-refractivity contribution in [2.75, 3.05) is 7.11 Å². The lowest BCUT2D eigenvalue weighted by atomic mass is 10.2. The Bertz CT molecular complexity index is 1190. The number of carboxylic acid groups (broad SMARTS) is 1. The van der Waals surface area contributed by atoms with Crippen molar-refractivity contribution in [2.24, 2.45) is 4.99 Å². The van der Waals surface area contributed by atoms with Crippen molar-refractivity contribution in [3.8, 4) is 11.5 Å². The highest BCUT2D eigenvalue weighted by Gasteiger charge is 2.14. The zero-order valence-electron chi connectivity index (χ0n) is 16.8. The van der Waals surface area contributed by atoms with Gasteiger partial charge in [-0.05, 0) is 65.7 Å². The number of rotatable bonds is 7. The van der Waals surface area contributed by atoms with Gasteiger partial charge in [0.1, 0.15) is 0 Å². The number of halogens is 2. The molecule has 8 heteroatoms. The molecule has 0 spiro atoms. The Hall–Kier alpha value is -3.42. The van der Waals surface area contributed by atoms with Crippen LogP contribution >= 0.6 is 27.5 Å². The molecule has 1 N–H and O–H groups in total. The first-order valence-corrected chi connectivity index (χ1v) is 10.4. The van der Waals surface area contributed by atoms with Crippen LogP contribution in [0.4, 0.5) is 5.69 Å². The van der Waals surface area contributed by atoms with Gasteiger partial charge in [0.2, 0.25) is 0 Å². The molecule has 0 aromatic heterocycles. The predicted octanol–water partition coefficient (Wildman–Crippen LogP) is 6.18. The number of carboxylic acids is 1. The van der Waals surface area contributed by atoms with E-state index in [1.165, 1.54) is 25.3 Å². The van der Waals surface area contributed by atoms with E-state index in [0.717, 1.165) is 10.0 Å². The lowest BCUT2D eigenvalue weighted by Gasteiger charge is -2.11. The molecule has 0 aliphatic carbocycles. The van der Waals surface area contributed by atoms with Crippen LogP contribution < -0.4 is 9.47 Å². The molecule has 0 saturated heterocycles. The minimum atomic E-state index is -1.01. The number of hydrogen-bond acceptors (Lipinski definition) is 5. The molecule has 0 radical (unpaired) electrons. The molecule has 32 heavy (non-hydrogen) atoms. The van der Waals surface area contributed by atoms with Crippen LogP contribution in [0.15, 0.2) is 76.2 Å². The molecule has 3 rings (SSSR count). The SMILES string of the molecule is COc1cc(C=Nc2ccc(C(=O)O)cc2)cc(Cl)c1OC(=O)/C=C/c1ccc(Br)cc1. The summed E-state index contributed by atoms with van der Waals surface area (Å²) < 4.78 is 11.6. The maximum atomic E-state index is 12.2. The second-order valence-electron chi connectivity index (χ2n) is 6.45. The van der Waals surface area contributed by atoms with Crippen LogP contribution in [0.25, 0.3) is 6.08 Å². The number of methoxy groups -OCH3 is 1. The van der Waals surface area contributed by atoms with Crippen LogP contribution in [-0.4, -0.2) is 30.4 Å². The second kappa shape index (κ2) is 10.7. The van der Waals surface area contributed by atoms with Gasteiger partial charge in [-0.2, -0.15) is 0 Å². The highest BCUT2D eigenvalue weighted by molar-refractivity contribution is 9.10. The van der Waals surface area contributed by atoms with E-state index in [-0.39, 0.29) is 22.1 Å². The molecular weight excluding hydrogens is 498 g/mol. The van der Waals surface area contributed by atoms with E-state index in [1.54, 1.807) is 36.6 Å². The fraction of sp³-hybridized carbons (Fsp3) is 0.0417. The van der Waals surface area contributed by atoms with Gasteiger partial charge in [-0.15, -0.1) is 0 Å². The second-order valence-corrected chi connectivity index (χ2v) is 7.77. The number of aliphatic imine (C=N–C) groups is 1. The Labute approximate surface area is 197 Å². The van der Waals surface area contributed by atoms with Crippen LogP contribution in [0.5, 0.6) is 11.5 Å². The molecule has 0 heterocycles. The maximum Gasteiger partial charge on any atom is 0.336 e. The third-order valence-corrected chi connectivity index (χ3v) is 5.02. The van der Waals surface area contributed by atoms with Gasteiger partial charge in [0.25, 0.3) is 0 Å². The summed E-state index contributed by atoms with van der Waals surface area (Å²) in [5.41, 5.74) is 2.19. The standard InChI is InChI=1S/C24H17BrClNO5/c1-31-21-13-16(14-27-19-9-5-17(6-10-19)24(29)30)12-20(26)23(21)32-22(28)11-4-15-2-7-18(25)8-3-15/h2-14H,1H3,(H,29,30)/b11-4+,27-14?. The quantitative estimate of drug-likeness (QED) is 0.176. The minimum Gasteiger partial charge on any atom is -0.493 e. The summed E-state index contributed by atoms with van der Waals surface area (Å²) in [6.45, 7) is 0. The first-order chi connectivity index (χ1) is 15.4. The first-order valence-electron chi connectivity index (χ1n) is 9.26. The molecule has 0 saturated carbocycles. The molecule has 0 bridgehead atoms. The summed E-state index contributed by atoms with van der Waals surface area (Å²) in [5.74, 6) is -1.24. The molecule has 0 aliphatic heterocycles. The average Bonchev–Trinajstić information content (AvgIpc) is 2.79. The molecule has 6 nitrogen and oxygen atoms in total. The summed E-state index contributed by atoms with van der Waals surface area (Å²) in [6.07, 6.45) is 4.48. The zero-order valence-corrected chi connectivity index (χ0v) is 19.1. The van der Waals surface area contributed by atoms with Gasteiger partial charge >= 0.3 is 11.9 Å². The third-order valence-electron chi connectivity index (χ3n) is 4.21. The number of esters is 1. The lowest BCUT2D eigenvalue weighted by molar-refractivity contribution is -0.129. The molecule has 0 atom stereocenters. The Kier molecular flexibility index (Phi) is 7.81. The Balaban J connectivity index is 1.74. The lowest BCUT2D eigenvalue weighted by Crippen LogP contribution is -2.06. The van der Waals surface area contributed by atoms with Crippen LogP contribution in [0, 0.1) is 0 Å². The van der Waals surface area contributed by atoms with Crippen molar-refractivity contribution in [1.82, 2.24) is 0 Å². The molecule has 0 unspecified atom stereocenters. The van der Waals surface area contributed by atoms with Gasteiger partial charge < -0.3 is 14.6 Å². The van der Waals surface area contributed by atoms with Crippen molar-refractivity contribution in [3.05, 3.63) is 92.9 Å². The van der Waals surface area contributed by atoms with Crippen molar-refractivity contribution >= 4 is 57.4 Å². The smallest absolute Gasteiger partial charge is 0.336 e. The topological polar surface area (TPSA) is 85.2 Å². The predicted molar refractivity (Wildman–Crippen MR) is 127 cm³/mol. The fourth-order valence-corrected chi connectivity index (χ4v) is 3.15. The summed E-state index contributed by atoms with van der Waals surface area (Å²) in [4.78, 5) is 27.5. The molecule has 162 valence electrons. The van der Waals surface area contributed by atoms with Gasteiger partial charge in [-0.3, -0.25) is 4.99 Å². The van der Waals surface area contributed by atoms with Crippen LogP contribution in [0.1, 0.15) is 21.5 Å². The minimum absolute atomic E-state index is 0.0996. The van der Waals surface area contributed by atoms with Gasteiger partial charge in [-0.25, -0.2) is 9.59 Å². The molecule has 0 aliphatic rings. The van der Waals surface area contributed by atoms with Gasteiger partial charge in [-0.1, -0.05) is 39.7 Å². The van der Waals surface area contributed by atoms with E-state index >= 15 is 0 Å². The van der Waals surface area contributed by atoms with E-state index in [1.807, 2.05) is 24.3 Å². The summed E-state index contributed by atoms with van der Waals surface area (Å²) >= 11 is 9.67. The molecule has 0 amide bonds. The molecule has 3 aromatic rings. The Morgan fingerprint density at radius 1 is 1.03 bits per heavy atom. The summed E-state index contributed by atoms with van der Waals surface area (Å²) in [7, 11) is 1.44. The molecule has 3 aromatic carbocycles. The first kappa shape index (κ1) is 23.2. The van der Waals surface area contributed by atoms with E-state index in [4.69, 9.17) is 26.2 Å². The van der Waals surface area contributed by atoms with Gasteiger partial charge in [0.05, 0.1) is 23.4 Å². The van der Waals surface area contributed by atoms with Crippen LogP contribution in [-0.2, 0) is 4.79 Å². The van der Waals surface area contributed by atoms with Crippen molar-refractivity contribution in [1.29, 1.82) is 0 Å². The highest BCUT2D eigenvalue weighted by atomic mass is 79.9. The fourth-order valence-electron chi connectivity index (χ4n) is 2.63. The number of ether oxygens (including phenoxy) is 2. The number of carbonyl (C=O) groups excluding carboxylic acids is 1. The van der Waals surface area contributed by atoms with Crippen LogP contribution in [0.3, 0.4) is 0 Å². The van der Waals surface area contributed by atoms with Gasteiger partial charge in [0.15, 0.2) is 11.5 Å². The largest absolute Gasteiger partial charge is 0.493 e. The Morgan fingerprint density at radius 3 is 2.34 bits per heavy atom. The van der Waals surface area contributed by atoms with Crippen LogP contribution in [0.2, 0.25) is 5.02 Å². The van der Waals surface area contributed by atoms with E-state index < -0.39 is 11.9 Å². The van der Waals surface area contributed by atoms with Crippen molar-refractivity contribution in [3.63, 3.8) is 0 Å². The average molecular weight is 515 g/mol. The number of aromatic carboxylic acids is 1. The van der Waals surface area contributed by atoms with E-state index in [9.17, 15) is 9.59 Å².